The molecule has 0 saturated carbocycles. The third-order valence-corrected chi connectivity index (χ3v) is 8.32. The average Bonchev–Trinajstić information content (AvgIpc) is 3.09. The molecule has 2 rings (SSSR count). The fourth-order valence-electron chi connectivity index (χ4n) is 5.34. The van der Waals surface area contributed by atoms with E-state index in [-0.39, 0.29) is 36.9 Å². The third kappa shape index (κ3) is 18.9. The predicted molar refractivity (Wildman–Crippen MR) is 194 cm³/mol. The highest BCUT2D eigenvalue weighted by Crippen LogP contribution is 2.12. The largest absolute Gasteiger partial charge is 0.445 e. The number of amides is 4. The van der Waals surface area contributed by atoms with Gasteiger partial charge in [0, 0.05) is 13.1 Å². The van der Waals surface area contributed by atoms with Gasteiger partial charge in [0.25, 0.3) is 0 Å². The first kappa shape index (κ1) is 41.1. The van der Waals surface area contributed by atoms with Gasteiger partial charge in [-0.1, -0.05) is 146 Å². The normalized spacial score (nSPS) is 12.2. The maximum absolute atomic E-state index is 12.7. The summed E-state index contributed by atoms with van der Waals surface area (Å²) in [5, 5.41) is 11.3. The fraction of sp³-hybridized carbons (Fsp3) is 0.590. The van der Waals surface area contributed by atoms with Crippen molar-refractivity contribution in [3.63, 3.8) is 0 Å². The Morgan fingerprint density at radius 2 is 0.796 bits per heavy atom. The molecule has 4 amide bonds. The summed E-state index contributed by atoms with van der Waals surface area (Å²) in [5.74, 6) is -0.468. The SMILES string of the molecule is CC(C)[C@H](NC(=O)OCc1ccccc1)C(=O)NCCCCCCCCCCCCCNC(=O)[C@@H](NC(=O)OCc1ccccc1)C(C)C. The van der Waals surface area contributed by atoms with Crippen LogP contribution in [-0.4, -0.2) is 49.2 Å². The van der Waals surface area contributed by atoms with E-state index >= 15 is 0 Å². The van der Waals surface area contributed by atoms with Crippen molar-refractivity contribution in [1.29, 1.82) is 0 Å². The van der Waals surface area contributed by atoms with Gasteiger partial charge in [-0.3, -0.25) is 9.59 Å². The smallest absolute Gasteiger partial charge is 0.408 e. The van der Waals surface area contributed by atoms with Gasteiger partial charge < -0.3 is 30.7 Å². The molecule has 0 radical (unpaired) electrons. The van der Waals surface area contributed by atoms with E-state index in [4.69, 9.17) is 9.47 Å². The molecule has 2 aromatic carbocycles. The molecule has 0 aromatic heterocycles. The van der Waals surface area contributed by atoms with Gasteiger partial charge in [-0.2, -0.15) is 0 Å². The zero-order valence-corrected chi connectivity index (χ0v) is 30.1. The fourth-order valence-corrected chi connectivity index (χ4v) is 5.34. The van der Waals surface area contributed by atoms with Crippen molar-refractivity contribution in [3.05, 3.63) is 71.8 Å². The molecule has 0 unspecified atom stereocenters. The highest BCUT2D eigenvalue weighted by molar-refractivity contribution is 5.86. The monoisotopic (exact) mass is 680 g/mol. The van der Waals surface area contributed by atoms with Gasteiger partial charge in [0.05, 0.1) is 0 Å². The van der Waals surface area contributed by atoms with Crippen molar-refractivity contribution in [2.75, 3.05) is 13.1 Å². The van der Waals surface area contributed by atoms with Gasteiger partial charge >= 0.3 is 12.2 Å². The van der Waals surface area contributed by atoms with Crippen LogP contribution in [-0.2, 0) is 32.3 Å². The van der Waals surface area contributed by atoms with Gasteiger partial charge in [-0.15, -0.1) is 0 Å². The maximum Gasteiger partial charge on any atom is 0.408 e. The number of hydrogen-bond donors (Lipinski definition) is 4. The van der Waals surface area contributed by atoms with Gasteiger partial charge in [0.1, 0.15) is 25.3 Å². The Hall–Kier alpha value is -4.08. The van der Waals surface area contributed by atoms with E-state index in [1.165, 1.54) is 32.1 Å². The Morgan fingerprint density at radius 3 is 1.10 bits per heavy atom. The number of hydrogen-bond acceptors (Lipinski definition) is 6. The third-order valence-electron chi connectivity index (χ3n) is 8.32. The second-order valence-corrected chi connectivity index (χ2v) is 13.3. The summed E-state index contributed by atoms with van der Waals surface area (Å²) >= 11 is 0. The van der Waals surface area contributed by atoms with Crippen molar-refractivity contribution < 1.29 is 28.7 Å². The molecular weight excluding hydrogens is 620 g/mol. The average molecular weight is 681 g/mol. The maximum atomic E-state index is 12.7. The highest BCUT2D eigenvalue weighted by Gasteiger charge is 2.25. The Kier molecular flexibility index (Phi) is 20.9. The van der Waals surface area contributed by atoms with Crippen LogP contribution < -0.4 is 21.3 Å². The van der Waals surface area contributed by atoms with Gasteiger partial charge in [-0.25, -0.2) is 9.59 Å². The number of carbonyl (C=O) groups excluding carboxylic acids is 4. The van der Waals surface area contributed by atoms with Crippen LogP contribution in [0.4, 0.5) is 9.59 Å². The van der Waals surface area contributed by atoms with E-state index in [0.29, 0.717) is 13.1 Å². The summed E-state index contributed by atoms with van der Waals surface area (Å²) in [5.41, 5.74) is 1.79. The Morgan fingerprint density at radius 1 is 0.490 bits per heavy atom. The molecule has 0 aliphatic carbocycles. The minimum absolute atomic E-state index is 0.0557. The van der Waals surface area contributed by atoms with Crippen LogP contribution in [0.25, 0.3) is 0 Å². The van der Waals surface area contributed by atoms with E-state index < -0.39 is 24.3 Å². The second-order valence-electron chi connectivity index (χ2n) is 13.3. The second kappa shape index (κ2) is 25.0. The van der Waals surface area contributed by atoms with Crippen LogP contribution in [0.1, 0.15) is 109 Å². The molecule has 0 saturated heterocycles. The van der Waals surface area contributed by atoms with Crippen molar-refractivity contribution in [2.24, 2.45) is 11.8 Å². The lowest BCUT2D eigenvalue weighted by Crippen LogP contribution is -2.50. The van der Waals surface area contributed by atoms with Crippen molar-refractivity contribution in [3.8, 4) is 0 Å². The number of ether oxygens (including phenoxy) is 2. The predicted octanol–water partition coefficient (Wildman–Crippen LogP) is 7.41. The molecule has 272 valence electrons. The molecule has 49 heavy (non-hydrogen) atoms. The van der Waals surface area contributed by atoms with E-state index in [1.54, 1.807) is 0 Å². The summed E-state index contributed by atoms with van der Waals surface area (Å²) in [6.45, 7) is 9.13. The summed E-state index contributed by atoms with van der Waals surface area (Å²) < 4.78 is 10.5. The number of carbonyl (C=O) groups is 4. The molecule has 0 bridgehead atoms. The summed E-state index contributed by atoms with van der Waals surface area (Å²) in [4.78, 5) is 49.8. The number of nitrogens with one attached hydrogen (secondary N) is 4. The van der Waals surface area contributed by atoms with Crippen LogP contribution in [0, 0.1) is 11.8 Å². The molecule has 0 aliphatic heterocycles. The molecule has 2 aromatic rings. The number of alkyl carbamates (subject to hydrolysis) is 2. The summed E-state index contributed by atoms with van der Waals surface area (Å²) in [6, 6.07) is 17.6. The van der Waals surface area contributed by atoms with Crippen molar-refractivity contribution in [1.82, 2.24) is 21.3 Å². The summed E-state index contributed by atoms with van der Waals surface area (Å²) in [6.07, 6.45) is 11.1. The van der Waals surface area contributed by atoms with Gasteiger partial charge in [0.2, 0.25) is 11.8 Å². The van der Waals surface area contributed by atoms with Crippen molar-refractivity contribution >= 4 is 24.0 Å². The van der Waals surface area contributed by atoms with Crippen LogP contribution in [0.3, 0.4) is 0 Å². The van der Waals surface area contributed by atoms with E-state index in [0.717, 1.165) is 49.7 Å². The zero-order chi connectivity index (χ0) is 35.7. The van der Waals surface area contributed by atoms with E-state index in [2.05, 4.69) is 21.3 Å². The van der Waals surface area contributed by atoms with Crippen molar-refractivity contribution in [2.45, 2.75) is 124 Å². The Labute approximate surface area is 293 Å². The van der Waals surface area contributed by atoms with Gasteiger partial charge in [-0.05, 0) is 35.8 Å². The Balaban J connectivity index is 1.43. The molecule has 0 spiro atoms. The van der Waals surface area contributed by atoms with Crippen LogP contribution in [0.2, 0.25) is 0 Å². The van der Waals surface area contributed by atoms with E-state index in [9.17, 15) is 19.2 Å². The standard InChI is InChI=1S/C39H60N4O6/c1-30(2)34(42-38(46)48-28-32-22-16-14-17-23-32)36(44)40-26-20-12-10-8-6-5-7-9-11-13-21-27-41-37(45)35(31(3)4)43-39(47)49-29-33-24-18-15-19-25-33/h14-19,22-25,30-31,34-35H,5-13,20-21,26-29H2,1-4H3,(H,40,44)(H,41,45)(H,42,46)(H,43,47)/t34-,35-/m0/s1. The minimum Gasteiger partial charge on any atom is -0.445 e. The van der Waals surface area contributed by atoms with Crippen LogP contribution in [0.5, 0.6) is 0 Å². The number of unbranched alkanes of at least 4 members (excludes halogenated alkanes) is 10. The van der Waals surface area contributed by atoms with Crippen LogP contribution in [0.15, 0.2) is 60.7 Å². The highest BCUT2D eigenvalue weighted by atomic mass is 16.6. The first-order valence-corrected chi connectivity index (χ1v) is 18.2. The molecule has 2 atom stereocenters. The number of benzene rings is 2. The minimum atomic E-state index is -0.635. The lowest BCUT2D eigenvalue weighted by Gasteiger charge is -2.21. The quantitative estimate of drug-likeness (QED) is 0.0853. The molecule has 10 nitrogen and oxygen atoms in total. The summed E-state index contributed by atoms with van der Waals surface area (Å²) in [7, 11) is 0. The molecule has 4 N–H and O–H groups in total. The lowest BCUT2D eigenvalue weighted by atomic mass is 10.0. The first-order chi connectivity index (χ1) is 23.7. The first-order valence-electron chi connectivity index (χ1n) is 18.2. The van der Waals surface area contributed by atoms with Crippen LogP contribution >= 0.6 is 0 Å². The molecule has 0 aliphatic rings. The van der Waals surface area contributed by atoms with Gasteiger partial charge in [0.15, 0.2) is 0 Å². The Bertz CT molecular complexity index is 1120. The lowest BCUT2D eigenvalue weighted by molar-refractivity contribution is -0.124. The molecule has 10 heteroatoms. The van der Waals surface area contributed by atoms with E-state index in [1.807, 2.05) is 88.4 Å². The zero-order valence-electron chi connectivity index (χ0n) is 30.1. The molecule has 0 heterocycles. The number of rotatable bonds is 24. The molecular formula is C39H60N4O6. The topological polar surface area (TPSA) is 135 Å². The molecule has 0 fully saturated rings.